The number of benzene rings is 2. The minimum Gasteiger partial charge on any atom is -0.309 e. The van der Waals surface area contributed by atoms with Crippen LogP contribution in [0.2, 0.25) is 0 Å². The Bertz CT molecular complexity index is 1670. The highest BCUT2D eigenvalue weighted by Crippen LogP contribution is 2.36. The molecule has 0 fully saturated rings. The minimum atomic E-state index is -0.0992. The maximum atomic E-state index is 13.1. The molecule has 6 aromatic rings. The van der Waals surface area contributed by atoms with Crippen molar-refractivity contribution in [3.8, 4) is 11.1 Å². The summed E-state index contributed by atoms with van der Waals surface area (Å²) in [4.78, 5) is 23.5. The molecule has 0 aliphatic rings. The lowest BCUT2D eigenvalue weighted by molar-refractivity contribution is 0.935. The third-order valence-electron chi connectivity index (χ3n) is 5.38. The molecule has 6 rings (SSSR count). The quantitative estimate of drug-likeness (QED) is 0.325. The molecule has 0 aliphatic carbocycles. The molecule has 6 nitrogen and oxygen atoms in total. The van der Waals surface area contributed by atoms with Gasteiger partial charge in [-0.05, 0) is 31.5 Å². The van der Waals surface area contributed by atoms with Crippen LogP contribution >= 0.6 is 34.4 Å². The first-order valence-electron chi connectivity index (χ1n) is 10.0. The summed E-state index contributed by atoms with van der Waals surface area (Å²) in [6.07, 6.45) is 0. The average molecular weight is 476 g/mol. The van der Waals surface area contributed by atoms with Crippen molar-refractivity contribution in [2.45, 2.75) is 24.8 Å². The molecule has 9 heteroatoms. The van der Waals surface area contributed by atoms with Crippen LogP contribution in [0.5, 0.6) is 0 Å². The first-order chi connectivity index (χ1) is 15.6. The molecule has 0 atom stereocenters. The Kier molecular flexibility index (Phi) is 4.63. The van der Waals surface area contributed by atoms with Crippen LogP contribution in [0.15, 0.2) is 58.5 Å². The first-order valence-corrected chi connectivity index (χ1v) is 12.6. The fourth-order valence-electron chi connectivity index (χ4n) is 3.88. The second-order valence-corrected chi connectivity index (χ2v) is 10.7. The monoisotopic (exact) mass is 475 g/mol. The molecule has 0 saturated heterocycles. The van der Waals surface area contributed by atoms with E-state index in [1.807, 2.05) is 19.1 Å². The van der Waals surface area contributed by atoms with Gasteiger partial charge in [0, 0.05) is 10.4 Å². The number of hydrogen-bond acceptors (Lipinski definition) is 7. The molecule has 4 aromatic heterocycles. The molecule has 1 N–H and O–H groups in total. The molecule has 2 aromatic carbocycles. The van der Waals surface area contributed by atoms with Gasteiger partial charge < -0.3 is 4.98 Å². The normalized spacial score (nSPS) is 11.8. The summed E-state index contributed by atoms with van der Waals surface area (Å²) in [5, 5.41) is 10.1. The van der Waals surface area contributed by atoms with Gasteiger partial charge in [0.05, 0.1) is 21.4 Å². The van der Waals surface area contributed by atoms with Crippen LogP contribution in [0.25, 0.3) is 36.5 Å². The van der Waals surface area contributed by atoms with E-state index in [4.69, 9.17) is 4.98 Å². The Labute approximate surface area is 195 Å². The second kappa shape index (κ2) is 7.54. The highest BCUT2D eigenvalue weighted by atomic mass is 32.2. The molecular weight excluding hydrogens is 458 g/mol. The third kappa shape index (κ3) is 3.16. The van der Waals surface area contributed by atoms with Gasteiger partial charge >= 0.3 is 0 Å². The minimum absolute atomic E-state index is 0.0992. The maximum absolute atomic E-state index is 13.1. The lowest BCUT2D eigenvalue weighted by atomic mass is 10.0. The number of aryl methyl sites for hydroxylation is 2. The van der Waals surface area contributed by atoms with Crippen molar-refractivity contribution in [1.29, 1.82) is 0 Å². The topological polar surface area (TPSA) is 75.9 Å². The molecule has 0 unspecified atom stereocenters. The highest BCUT2D eigenvalue weighted by molar-refractivity contribution is 7.98. The van der Waals surface area contributed by atoms with Crippen LogP contribution in [0, 0.1) is 13.8 Å². The summed E-state index contributed by atoms with van der Waals surface area (Å²) in [6, 6.07) is 16.5. The SMILES string of the molecule is Cc1ccc(-c2c(C)sc3nc(CSc4nnc5sc6ccccc6n45)[nH]c(=O)c23)cc1. The van der Waals surface area contributed by atoms with E-state index in [1.165, 1.54) is 22.0 Å². The van der Waals surface area contributed by atoms with Gasteiger partial charge in [-0.2, -0.15) is 0 Å². The van der Waals surface area contributed by atoms with E-state index in [0.29, 0.717) is 17.0 Å². The number of thioether (sulfide) groups is 1. The highest BCUT2D eigenvalue weighted by Gasteiger charge is 2.18. The van der Waals surface area contributed by atoms with Crippen LogP contribution < -0.4 is 5.56 Å². The molecule has 32 heavy (non-hydrogen) atoms. The van der Waals surface area contributed by atoms with Crippen molar-refractivity contribution in [3.05, 3.63) is 75.1 Å². The fraction of sp³-hybridized carbons (Fsp3) is 0.130. The number of fused-ring (bicyclic) bond motifs is 4. The van der Waals surface area contributed by atoms with E-state index in [0.717, 1.165) is 36.5 Å². The lowest BCUT2D eigenvalue weighted by Crippen LogP contribution is -2.11. The summed E-state index contributed by atoms with van der Waals surface area (Å²) < 4.78 is 3.23. The van der Waals surface area contributed by atoms with E-state index >= 15 is 0 Å². The zero-order valence-corrected chi connectivity index (χ0v) is 19.7. The number of thiazole rings is 1. The molecular formula is C23H17N5OS3. The first kappa shape index (κ1) is 19.7. The number of rotatable bonds is 4. The van der Waals surface area contributed by atoms with Crippen LogP contribution in [0.1, 0.15) is 16.3 Å². The van der Waals surface area contributed by atoms with E-state index < -0.39 is 0 Å². The predicted molar refractivity (Wildman–Crippen MR) is 133 cm³/mol. The van der Waals surface area contributed by atoms with Crippen molar-refractivity contribution in [2.75, 3.05) is 0 Å². The number of H-pyrrole nitrogens is 1. The number of para-hydroxylation sites is 1. The maximum Gasteiger partial charge on any atom is 0.260 e. The molecule has 0 radical (unpaired) electrons. The number of thiophene rings is 1. The zero-order valence-electron chi connectivity index (χ0n) is 17.2. The van der Waals surface area contributed by atoms with Gasteiger partial charge in [0.1, 0.15) is 10.7 Å². The summed E-state index contributed by atoms with van der Waals surface area (Å²) in [5.74, 6) is 1.15. The number of aromatic nitrogens is 5. The third-order valence-corrected chi connectivity index (χ3v) is 8.33. The van der Waals surface area contributed by atoms with E-state index in [-0.39, 0.29) is 5.56 Å². The van der Waals surface area contributed by atoms with Crippen molar-refractivity contribution in [2.24, 2.45) is 0 Å². The number of nitrogens with zero attached hydrogens (tertiary/aromatic N) is 4. The smallest absolute Gasteiger partial charge is 0.260 e. The molecule has 158 valence electrons. The Balaban J connectivity index is 1.36. The van der Waals surface area contributed by atoms with Crippen molar-refractivity contribution in [1.82, 2.24) is 24.6 Å². The van der Waals surface area contributed by atoms with Gasteiger partial charge in [0.15, 0.2) is 5.16 Å². The van der Waals surface area contributed by atoms with Crippen LogP contribution in [0.4, 0.5) is 0 Å². The van der Waals surface area contributed by atoms with Crippen molar-refractivity contribution >= 4 is 59.8 Å². The molecule has 0 aliphatic heterocycles. The van der Waals surface area contributed by atoms with Gasteiger partial charge in [-0.15, -0.1) is 21.5 Å². The molecule has 0 spiro atoms. The summed E-state index contributed by atoms with van der Waals surface area (Å²) in [5.41, 5.74) is 4.20. The van der Waals surface area contributed by atoms with Gasteiger partial charge in [0.25, 0.3) is 5.56 Å². The second-order valence-electron chi connectivity index (χ2n) is 7.55. The standard InChI is InChI=1S/C23H17N5OS3/c1-12-7-9-14(10-8-12)18-13(2)31-21-19(18)20(29)24-17(25-21)11-30-22-26-27-23-28(22)15-5-3-4-6-16(15)32-23/h3-10H,11H2,1-2H3,(H,24,25,29). The van der Waals surface area contributed by atoms with Crippen LogP contribution in [-0.4, -0.2) is 24.6 Å². The Hall–Kier alpha value is -3.01. The molecule has 0 bridgehead atoms. The largest absolute Gasteiger partial charge is 0.309 e. The Morgan fingerprint density at radius 2 is 1.84 bits per heavy atom. The zero-order chi connectivity index (χ0) is 21.8. The summed E-state index contributed by atoms with van der Waals surface area (Å²) >= 11 is 4.70. The number of nitrogens with one attached hydrogen (secondary N) is 1. The summed E-state index contributed by atoms with van der Waals surface area (Å²) in [6.45, 7) is 4.10. The Morgan fingerprint density at radius 1 is 1.03 bits per heavy atom. The van der Waals surface area contributed by atoms with Crippen LogP contribution in [-0.2, 0) is 5.75 Å². The predicted octanol–water partition coefficient (Wildman–Crippen LogP) is 5.82. The average Bonchev–Trinajstić information content (AvgIpc) is 3.44. The van der Waals surface area contributed by atoms with Gasteiger partial charge in [-0.3, -0.25) is 9.20 Å². The summed E-state index contributed by atoms with van der Waals surface area (Å²) in [7, 11) is 0. The number of hydrogen-bond donors (Lipinski definition) is 1. The lowest BCUT2D eigenvalue weighted by Gasteiger charge is -2.04. The van der Waals surface area contributed by atoms with Gasteiger partial charge in [0.2, 0.25) is 4.96 Å². The van der Waals surface area contributed by atoms with Crippen molar-refractivity contribution in [3.63, 3.8) is 0 Å². The van der Waals surface area contributed by atoms with Crippen LogP contribution in [0.3, 0.4) is 0 Å². The molecule has 0 amide bonds. The fourth-order valence-corrected chi connectivity index (χ4v) is 6.78. The van der Waals surface area contributed by atoms with E-state index in [1.54, 1.807) is 22.7 Å². The van der Waals surface area contributed by atoms with Gasteiger partial charge in [-0.1, -0.05) is 65.1 Å². The molecule has 4 heterocycles. The van der Waals surface area contributed by atoms with E-state index in [9.17, 15) is 4.79 Å². The molecule has 0 saturated carbocycles. The van der Waals surface area contributed by atoms with Gasteiger partial charge in [-0.25, -0.2) is 4.98 Å². The Morgan fingerprint density at radius 3 is 2.69 bits per heavy atom. The van der Waals surface area contributed by atoms with Crippen molar-refractivity contribution < 1.29 is 0 Å². The van der Waals surface area contributed by atoms with E-state index in [2.05, 4.69) is 62.9 Å². The number of aromatic amines is 1.